The van der Waals surface area contributed by atoms with Gasteiger partial charge in [-0.15, -0.1) is 0 Å². The summed E-state index contributed by atoms with van der Waals surface area (Å²) in [7, 11) is 0. The van der Waals surface area contributed by atoms with E-state index in [1.807, 2.05) is 6.07 Å². The number of ether oxygens (including phenoxy) is 1. The molecule has 28 heavy (non-hydrogen) atoms. The SMILES string of the molecule is O=C(CN1CCOCC1)N1CCCC2(CCCN2Cc2cccc(F)c2)CC1. The minimum Gasteiger partial charge on any atom is -0.379 e. The van der Waals surface area contributed by atoms with E-state index in [0.29, 0.717) is 6.54 Å². The van der Waals surface area contributed by atoms with Crippen molar-refractivity contribution >= 4 is 5.91 Å². The van der Waals surface area contributed by atoms with E-state index in [1.54, 1.807) is 12.1 Å². The number of morpholine rings is 1. The Bertz CT molecular complexity index is 680. The van der Waals surface area contributed by atoms with Gasteiger partial charge in [0.1, 0.15) is 5.82 Å². The molecule has 1 spiro atoms. The number of hydrogen-bond donors (Lipinski definition) is 0. The molecule has 3 aliphatic rings. The van der Waals surface area contributed by atoms with Crippen molar-refractivity contribution in [3.05, 3.63) is 35.6 Å². The van der Waals surface area contributed by atoms with E-state index in [0.717, 1.165) is 77.3 Å². The summed E-state index contributed by atoms with van der Waals surface area (Å²) in [5.74, 6) is 0.0973. The van der Waals surface area contributed by atoms with Crippen molar-refractivity contribution in [3.63, 3.8) is 0 Å². The molecule has 3 saturated heterocycles. The molecule has 0 bridgehead atoms. The molecule has 1 unspecified atom stereocenters. The highest BCUT2D eigenvalue weighted by atomic mass is 19.1. The monoisotopic (exact) mass is 389 g/mol. The van der Waals surface area contributed by atoms with Crippen molar-refractivity contribution in [1.29, 1.82) is 0 Å². The fourth-order valence-electron chi connectivity index (χ4n) is 5.14. The van der Waals surface area contributed by atoms with Gasteiger partial charge >= 0.3 is 0 Å². The van der Waals surface area contributed by atoms with E-state index in [9.17, 15) is 9.18 Å². The Morgan fingerprint density at radius 1 is 1.04 bits per heavy atom. The van der Waals surface area contributed by atoms with Crippen molar-refractivity contribution in [2.24, 2.45) is 0 Å². The normalized spacial score (nSPS) is 27.2. The highest BCUT2D eigenvalue weighted by Crippen LogP contribution is 2.39. The largest absolute Gasteiger partial charge is 0.379 e. The summed E-state index contributed by atoms with van der Waals surface area (Å²) in [6.07, 6.45) is 5.58. The molecule has 6 heteroatoms. The summed E-state index contributed by atoms with van der Waals surface area (Å²) >= 11 is 0. The number of benzene rings is 1. The quantitative estimate of drug-likeness (QED) is 0.793. The molecule has 1 aromatic rings. The van der Waals surface area contributed by atoms with Gasteiger partial charge in [0.25, 0.3) is 0 Å². The molecular formula is C22H32FN3O2. The Labute approximate surface area is 167 Å². The standard InChI is InChI=1S/C22H32FN3O2/c23-20-5-1-4-19(16-20)17-26-10-3-7-22(26)6-2-9-25(11-8-22)21(27)18-24-12-14-28-15-13-24/h1,4-5,16H,2-3,6-15,17-18H2. The molecule has 154 valence electrons. The molecule has 1 atom stereocenters. The highest BCUT2D eigenvalue weighted by molar-refractivity contribution is 5.78. The van der Waals surface area contributed by atoms with Gasteiger partial charge in [-0.1, -0.05) is 12.1 Å². The van der Waals surface area contributed by atoms with Crippen molar-refractivity contribution in [1.82, 2.24) is 14.7 Å². The van der Waals surface area contributed by atoms with Crippen molar-refractivity contribution < 1.29 is 13.9 Å². The van der Waals surface area contributed by atoms with Gasteiger partial charge in [0.2, 0.25) is 5.91 Å². The molecule has 1 aromatic carbocycles. The van der Waals surface area contributed by atoms with E-state index in [4.69, 9.17) is 4.74 Å². The third-order valence-corrected chi connectivity index (χ3v) is 6.74. The Morgan fingerprint density at radius 3 is 2.61 bits per heavy atom. The molecular weight excluding hydrogens is 357 g/mol. The van der Waals surface area contributed by atoms with Gasteiger partial charge in [-0.2, -0.15) is 0 Å². The zero-order chi connectivity index (χ0) is 19.4. The van der Waals surface area contributed by atoms with Gasteiger partial charge in [-0.05, 0) is 56.3 Å². The van der Waals surface area contributed by atoms with Crippen LogP contribution >= 0.6 is 0 Å². The predicted octanol–water partition coefficient (Wildman–Crippen LogP) is 2.51. The highest BCUT2D eigenvalue weighted by Gasteiger charge is 2.42. The van der Waals surface area contributed by atoms with Crippen molar-refractivity contribution in [2.45, 2.75) is 44.2 Å². The topological polar surface area (TPSA) is 36.0 Å². The smallest absolute Gasteiger partial charge is 0.236 e. The van der Waals surface area contributed by atoms with Crippen LogP contribution in [0.2, 0.25) is 0 Å². The van der Waals surface area contributed by atoms with Crippen LogP contribution < -0.4 is 0 Å². The molecule has 0 saturated carbocycles. The number of rotatable bonds is 4. The van der Waals surface area contributed by atoms with Gasteiger partial charge in [-0.25, -0.2) is 4.39 Å². The van der Waals surface area contributed by atoms with E-state index < -0.39 is 0 Å². The number of hydrogen-bond acceptors (Lipinski definition) is 4. The van der Waals surface area contributed by atoms with E-state index in [2.05, 4.69) is 14.7 Å². The Hall–Kier alpha value is -1.50. The zero-order valence-corrected chi connectivity index (χ0v) is 16.7. The van der Waals surface area contributed by atoms with Gasteiger partial charge in [0, 0.05) is 38.3 Å². The molecule has 5 nitrogen and oxygen atoms in total. The first kappa shape index (κ1) is 19.8. The van der Waals surface area contributed by atoms with Crippen LogP contribution in [0.1, 0.15) is 37.7 Å². The molecule has 3 aliphatic heterocycles. The Kier molecular flexibility index (Phi) is 6.28. The van der Waals surface area contributed by atoms with E-state index >= 15 is 0 Å². The summed E-state index contributed by atoms with van der Waals surface area (Å²) in [6, 6.07) is 6.98. The van der Waals surface area contributed by atoms with E-state index in [1.165, 1.54) is 18.9 Å². The number of carbonyl (C=O) groups is 1. The maximum atomic E-state index is 13.6. The fourth-order valence-corrected chi connectivity index (χ4v) is 5.14. The summed E-state index contributed by atoms with van der Waals surface area (Å²) in [5.41, 5.74) is 1.21. The van der Waals surface area contributed by atoms with Crippen LogP contribution in [0.25, 0.3) is 0 Å². The molecule has 0 radical (unpaired) electrons. The lowest BCUT2D eigenvalue weighted by Gasteiger charge is -2.38. The maximum absolute atomic E-state index is 13.6. The van der Waals surface area contributed by atoms with Gasteiger partial charge in [0.15, 0.2) is 0 Å². The first-order valence-electron chi connectivity index (χ1n) is 10.7. The maximum Gasteiger partial charge on any atom is 0.236 e. The fraction of sp³-hybridized carbons (Fsp3) is 0.682. The zero-order valence-electron chi connectivity index (χ0n) is 16.7. The summed E-state index contributed by atoms with van der Waals surface area (Å²) < 4.78 is 19.0. The van der Waals surface area contributed by atoms with Crippen molar-refractivity contribution in [2.75, 3.05) is 52.5 Å². The average molecular weight is 390 g/mol. The lowest BCUT2D eigenvalue weighted by atomic mass is 9.87. The van der Waals surface area contributed by atoms with Gasteiger partial charge in [0.05, 0.1) is 19.8 Å². The summed E-state index contributed by atoms with van der Waals surface area (Å²) in [4.78, 5) is 19.7. The molecule has 3 heterocycles. The molecule has 0 aliphatic carbocycles. The molecule has 3 fully saturated rings. The third kappa shape index (κ3) is 4.56. The molecule has 0 N–H and O–H groups in total. The first-order chi connectivity index (χ1) is 13.6. The molecule has 4 rings (SSSR count). The minimum atomic E-state index is -0.161. The second kappa shape index (κ2) is 8.89. The Morgan fingerprint density at radius 2 is 1.82 bits per heavy atom. The lowest BCUT2D eigenvalue weighted by Crippen LogP contribution is -2.46. The summed E-state index contributed by atoms with van der Waals surface area (Å²) in [6.45, 7) is 7.25. The third-order valence-electron chi connectivity index (χ3n) is 6.74. The number of nitrogens with zero attached hydrogens (tertiary/aromatic N) is 3. The van der Waals surface area contributed by atoms with Crippen LogP contribution in [-0.4, -0.2) is 78.6 Å². The average Bonchev–Trinajstić information content (AvgIpc) is 2.93. The summed E-state index contributed by atoms with van der Waals surface area (Å²) in [5, 5.41) is 0. The second-order valence-electron chi connectivity index (χ2n) is 8.50. The predicted molar refractivity (Wildman–Crippen MR) is 106 cm³/mol. The van der Waals surface area contributed by atoms with Crippen molar-refractivity contribution in [3.8, 4) is 0 Å². The minimum absolute atomic E-state index is 0.161. The number of halogens is 1. The molecule has 1 amide bonds. The number of likely N-dealkylation sites (tertiary alicyclic amines) is 2. The van der Waals surface area contributed by atoms with Crippen LogP contribution in [0, 0.1) is 5.82 Å². The van der Waals surface area contributed by atoms with Gasteiger partial charge < -0.3 is 9.64 Å². The first-order valence-corrected chi connectivity index (χ1v) is 10.7. The molecule has 0 aromatic heterocycles. The van der Waals surface area contributed by atoms with E-state index in [-0.39, 0.29) is 17.3 Å². The van der Waals surface area contributed by atoms with Crippen LogP contribution in [0.15, 0.2) is 24.3 Å². The van der Waals surface area contributed by atoms with Crippen LogP contribution in [0.5, 0.6) is 0 Å². The number of amides is 1. The Balaban J connectivity index is 1.37. The van der Waals surface area contributed by atoms with Crippen LogP contribution in [0.4, 0.5) is 4.39 Å². The number of carbonyl (C=O) groups excluding carboxylic acids is 1. The lowest BCUT2D eigenvalue weighted by molar-refractivity contribution is -0.133. The van der Waals surface area contributed by atoms with Crippen LogP contribution in [-0.2, 0) is 16.1 Å². The van der Waals surface area contributed by atoms with Crippen LogP contribution in [0.3, 0.4) is 0 Å². The van der Waals surface area contributed by atoms with Gasteiger partial charge in [-0.3, -0.25) is 14.6 Å². The second-order valence-corrected chi connectivity index (χ2v) is 8.50.